The zero-order chi connectivity index (χ0) is 21.3. The number of carbonyl (C=O) groups is 1. The smallest absolute Gasteiger partial charge is 0.255 e. The summed E-state index contributed by atoms with van der Waals surface area (Å²) in [7, 11) is 0. The van der Waals surface area contributed by atoms with E-state index in [9.17, 15) is 9.18 Å². The van der Waals surface area contributed by atoms with E-state index in [1.165, 1.54) is 23.9 Å². The highest BCUT2D eigenvalue weighted by Crippen LogP contribution is 2.36. The highest BCUT2D eigenvalue weighted by Gasteiger charge is 2.34. The van der Waals surface area contributed by atoms with Crippen LogP contribution in [0, 0.1) is 12.7 Å². The molecule has 3 aromatic rings. The minimum Gasteiger partial charge on any atom is -0.328 e. The first kappa shape index (κ1) is 20.2. The zero-order valence-electron chi connectivity index (χ0n) is 16.9. The first-order valence-electron chi connectivity index (χ1n) is 9.67. The molecule has 1 atom stereocenters. The molecule has 0 spiro atoms. The third-order valence-corrected chi connectivity index (χ3v) is 5.65. The fraction of sp³-hybridized carbons (Fsp3) is 0.227. The van der Waals surface area contributed by atoms with Crippen LogP contribution in [0.25, 0.3) is 0 Å². The molecule has 0 saturated carbocycles. The maximum atomic E-state index is 13.6. The van der Waals surface area contributed by atoms with Crippen LogP contribution in [0.4, 0.5) is 16.0 Å². The normalized spacial score (nSPS) is 15.5. The van der Waals surface area contributed by atoms with Gasteiger partial charge in [-0.05, 0) is 48.9 Å². The summed E-state index contributed by atoms with van der Waals surface area (Å²) in [6.07, 6.45) is 0. The van der Waals surface area contributed by atoms with Crippen LogP contribution in [0.2, 0.25) is 0 Å². The molecule has 4 rings (SSSR count). The molecule has 1 aliphatic rings. The van der Waals surface area contributed by atoms with Gasteiger partial charge in [-0.1, -0.05) is 49.0 Å². The van der Waals surface area contributed by atoms with Gasteiger partial charge in [0.15, 0.2) is 0 Å². The molecule has 154 valence electrons. The number of fused-ring (bicyclic) bond motifs is 1. The number of aryl methyl sites for hydroxylation is 1. The van der Waals surface area contributed by atoms with Crippen molar-refractivity contribution in [2.24, 2.45) is 0 Å². The number of benzene rings is 2. The number of anilines is 2. The molecule has 0 bridgehead atoms. The SMILES string of the molecule is CCSc1nc2n(n1)C(c1ccc(F)cc1)C(C(=O)Nc1ccccc1C)=C(C)N2. The van der Waals surface area contributed by atoms with E-state index in [1.54, 1.807) is 16.8 Å². The second-order valence-corrected chi connectivity index (χ2v) is 8.21. The Kier molecular flexibility index (Phi) is 5.59. The summed E-state index contributed by atoms with van der Waals surface area (Å²) in [5.74, 6) is 0.817. The second-order valence-electron chi connectivity index (χ2n) is 6.98. The third kappa shape index (κ3) is 3.82. The standard InChI is InChI=1S/C22H22FN5OS/c1-4-30-22-26-21-24-14(3)18(20(29)25-17-8-6-5-7-13(17)2)19(28(21)27-22)15-9-11-16(23)12-10-15/h5-12,19H,4H2,1-3H3,(H,25,29)(H,24,26,27). The van der Waals surface area contributed by atoms with Crippen LogP contribution in [-0.2, 0) is 4.79 Å². The molecule has 1 aliphatic heterocycles. The summed E-state index contributed by atoms with van der Waals surface area (Å²) in [4.78, 5) is 17.9. The summed E-state index contributed by atoms with van der Waals surface area (Å²) >= 11 is 1.52. The van der Waals surface area contributed by atoms with Crippen LogP contribution in [0.1, 0.15) is 31.0 Å². The Balaban J connectivity index is 1.78. The molecule has 1 unspecified atom stereocenters. The van der Waals surface area contributed by atoms with Gasteiger partial charge < -0.3 is 10.6 Å². The molecular weight excluding hydrogens is 401 g/mol. The van der Waals surface area contributed by atoms with Crippen LogP contribution in [0.3, 0.4) is 0 Å². The van der Waals surface area contributed by atoms with Crippen molar-refractivity contribution in [2.75, 3.05) is 16.4 Å². The molecule has 8 heteroatoms. The number of rotatable bonds is 5. The third-order valence-electron chi connectivity index (χ3n) is 4.93. The van der Waals surface area contributed by atoms with Crippen LogP contribution in [-0.4, -0.2) is 26.4 Å². The monoisotopic (exact) mass is 423 g/mol. The van der Waals surface area contributed by atoms with Crippen molar-refractivity contribution in [3.8, 4) is 0 Å². The number of aromatic nitrogens is 3. The number of amides is 1. The van der Waals surface area contributed by atoms with E-state index in [4.69, 9.17) is 0 Å². The molecule has 1 amide bonds. The lowest BCUT2D eigenvalue weighted by Crippen LogP contribution is -2.31. The minimum absolute atomic E-state index is 0.241. The maximum absolute atomic E-state index is 13.6. The maximum Gasteiger partial charge on any atom is 0.255 e. The number of allylic oxidation sites excluding steroid dienone is 1. The highest BCUT2D eigenvalue weighted by molar-refractivity contribution is 7.99. The summed E-state index contributed by atoms with van der Waals surface area (Å²) in [6.45, 7) is 5.81. The van der Waals surface area contributed by atoms with Crippen molar-refractivity contribution in [1.29, 1.82) is 0 Å². The number of nitrogens with zero attached hydrogens (tertiary/aromatic N) is 3. The van der Waals surface area contributed by atoms with Gasteiger partial charge in [0.05, 0.1) is 5.57 Å². The Morgan fingerprint density at radius 2 is 1.93 bits per heavy atom. The molecule has 30 heavy (non-hydrogen) atoms. The number of nitrogens with one attached hydrogen (secondary N) is 2. The van der Waals surface area contributed by atoms with E-state index in [2.05, 4.69) is 20.7 Å². The number of hydrogen-bond donors (Lipinski definition) is 2. The van der Waals surface area contributed by atoms with Crippen LogP contribution in [0.5, 0.6) is 0 Å². The Bertz CT molecular complexity index is 1120. The molecule has 0 radical (unpaired) electrons. The predicted molar refractivity (Wildman–Crippen MR) is 117 cm³/mol. The van der Waals surface area contributed by atoms with Crippen molar-refractivity contribution in [3.05, 3.63) is 76.7 Å². The Hall–Kier alpha value is -3.13. The molecule has 6 nitrogen and oxygen atoms in total. The molecule has 2 aromatic carbocycles. The van der Waals surface area contributed by atoms with Gasteiger partial charge in [0.1, 0.15) is 11.9 Å². The van der Waals surface area contributed by atoms with Gasteiger partial charge in [-0.25, -0.2) is 9.07 Å². The molecule has 0 aliphatic carbocycles. The summed E-state index contributed by atoms with van der Waals surface area (Å²) in [5, 5.41) is 11.4. The van der Waals surface area contributed by atoms with Crippen molar-refractivity contribution in [3.63, 3.8) is 0 Å². The molecule has 1 aromatic heterocycles. The molecule has 0 saturated heterocycles. The molecule has 2 N–H and O–H groups in total. The van der Waals surface area contributed by atoms with Gasteiger partial charge in [0.2, 0.25) is 11.1 Å². The number of para-hydroxylation sites is 1. The lowest BCUT2D eigenvalue weighted by Gasteiger charge is -2.28. The van der Waals surface area contributed by atoms with Gasteiger partial charge >= 0.3 is 0 Å². The average Bonchev–Trinajstić information content (AvgIpc) is 3.11. The average molecular weight is 424 g/mol. The van der Waals surface area contributed by atoms with Gasteiger partial charge in [-0.2, -0.15) is 4.98 Å². The van der Waals surface area contributed by atoms with E-state index in [-0.39, 0.29) is 11.7 Å². The van der Waals surface area contributed by atoms with Crippen LogP contribution >= 0.6 is 11.8 Å². The van der Waals surface area contributed by atoms with Crippen molar-refractivity contribution in [1.82, 2.24) is 14.8 Å². The van der Waals surface area contributed by atoms with Crippen molar-refractivity contribution >= 4 is 29.3 Å². The topological polar surface area (TPSA) is 71.8 Å². The van der Waals surface area contributed by atoms with E-state index in [0.29, 0.717) is 22.4 Å². The predicted octanol–water partition coefficient (Wildman–Crippen LogP) is 4.77. The van der Waals surface area contributed by atoms with Gasteiger partial charge in [0, 0.05) is 11.4 Å². The summed E-state index contributed by atoms with van der Waals surface area (Å²) < 4.78 is 15.3. The largest absolute Gasteiger partial charge is 0.328 e. The van der Waals surface area contributed by atoms with Crippen LogP contribution < -0.4 is 10.6 Å². The quantitative estimate of drug-likeness (QED) is 0.579. The highest BCUT2D eigenvalue weighted by atomic mass is 32.2. The molecular formula is C22H22FN5OS. The van der Waals surface area contributed by atoms with Gasteiger partial charge in [-0.3, -0.25) is 4.79 Å². The first-order valence-corrected chi connectivity index (χ1v) is 10.7. The Morgan fingerprint density at radius 1 is 1.20 bits per heavy atom. The fourth-order valence-electron chi connectivity index (χ4n) is 3.47. The van der Waals surface area contributed by atoms with Gasteiger partial charge in [-0.15, -0.1) is 5.10 Å². The van der Waals surface area contributed by atoms with E-state index >= 15 is 0 Å². The molecule has 0 fully saturated rings. The van der Waals surface area contributed by atoms with Crippen LogP contribution in [0.15, 0.2) is 65.0 Å². The minimum atomic E-state index is -0.524. The first-order chi connectivity index (χ1) is 14.5. The van der Waals surface area contributed by atoms with Crippen molar-refractivity contribution in [2.45, 2.75) is 32.0 Å². The molecule has 2 heterocycles. The zero-order valence-corrected chi connectivity index (χ0v) is 17.8. The Morgan fingerprint density at radius 3 is 2.63 bits per heavy atom. The number of carbonyl (C=O) groups excluding carboxylic acids is 1. The van der Waals surface area contributed by atoms with Crippen molar-refractivity contribution < 1.29 is 9.18 Å². The summed E-state index contributed by atoms with van der Waals surface area (Å²) in [6, 6.07) is 13.2. The number of hydrogen-bond acceptors (Lipinski definition) is 5. The van der Waals surface area contributed by atoms with E-state index in [1.807, 2.05) is 45.0 Å². The lowest BCUT2D eigenvalue weighted by atomic mass is 9.95. The van der Waals surface area contributed by atoms with E-state index in [0.717, 1.165) is 22.6 Å². The summed E-state index contributed by atoms with van der Waals surface area (Å²) in [5.41, 5.74) is 3.66. The van der Waals surface area contributed by atoms with E-state index < -0.39 is 6.04 Å². The fourth-order valence-corrected chi connectivity index (χ4v) is 4.03. The lowest BCUT2D eigenvalue weighted by molar-refractivity contribution is -0.113. The number of halogens is 1. The Labute approximate surface area is 178 Å². The second kappa shape index (κ2) is 8.31. The van der Waals surface area contributed by atoms with Gasteiger partial charge in [0.25, 0.3) is 5.91 Å². The number of thioether (sulfide) groups is 1.